The van der Waals surface area contributed by atoms with Gasteiger partial charge in [0, 0.05) is 176 Å². The molecule has 6 unspecified atom stereocenters. The fourth-order valence-corrected chi connectivity index (χ4v) is 17.4. The van der Waals surface area contributed by atoms with Crippen LogP contribution in [0, 0.1) is 103 Å². The highest BCUT2D eigenvalue weighted by Crippen LogP contribution is 2.36. The number of imidazole rings is 1. The highest BCUT2D eigenvalue weighted by Gasteiger charge is 2.33. The molecule has 1 aromatic carbocycles. The number of H-pyrrole nitrogens is 1. The maximum Gasteiger partial charge on any atom is 0.339 e. The van der Waals surface area contributed by atoms with E-state index in [9.17, 15) is 19.2 Å². The van der Waals surface area contributed by atoms with Gasteiger partial charge in [0.15, 0.2) is 11.4 Å². The van der Waals surface area contributed by atoms with Crippen molar-refractivity contribution in [3.05, 3.63) is 237 Å². The predicted octanol–water partition coefficient (Wildman–Crippen LogP) is 31.9. The van der Waals surface area contributed by atoms with E-state index in [1.165, 1.54) is 37.1 Å². The summed E-state index contributed by atoms with van der Waals surface area (Å²) in [5, 5.41) is 11.3. The molecular weight excluding hydrogens is 1660 g/mol. The van der Waals surface area contributed by atoms with Gasteiger partial charge in [0.1, 0.15) is 11.9 Å². The lowest BCUT2D eigenvalue weighted by molar-refractivity contribution is -0.124. The molecule has 1 aliphatic heterocycles. The van der Waals surface area contributed by atoms with Gasteiger partial charge in [-0.15, -0.1) is 0 Å². The molecule has 0 bridgehead atoms. The first-order valence-electron chi connectivity index (χ1n) is 51.0. The lowest BCUT2D eigenvalue weighted by atomic mass is 9.93. The Bertz CT molecular complexity index is 4380. The summed E-state index contributed by atoms with van der Waals surface area (Å²) in [5.74, 6) is 8.67. The molecule has 0 saturated heterocycles. The van der Waals surface area contributed by atoms with Crippen LogP contribution >= 0.6 is 0 Å². The topological polar surface area (TPSA) is 197 Å². The quantitative estimate of drug-likeness (QED) is 0.0314. The van der Waals surface area contributed by atoms with Crippen molar-refractivity contribution in [3.8, 4) is 0 Å². The number of nitrogens with zero attached hydrogens (tertiary/aromatic N) is 11. The van der Waals surface area contributed by atoms with Crippen molar-refractivity contribution in [3.63, 3.8) is 0 Å². The Morgan fingerprint density at radius 3 is 1.15 bits per heavy atom. The Kier molecular flexibility index (Phi) is 60.2. The normalized spacial score (nSPS) is 13.2. The van der Waals surface area contributed by atoms with Gasteiger partial charge in [-0.25, -0.2) is 9.78 Å². The first kappa shape index (κ1) is 122. The molecule has 12 rings (SSSR count). The monoisotopic (exact) mass is 1850 g/mol. The number of carbonyl (C=O) groups is 4. The van der Waals surface area contributed by atoms with E-state index in [2.05, 4.69) is 382 Å². The van der Waals surface area contributed by atoms with Crippen molar-refractivity contribution in [2.75, 3.05) is 6.54 Å². The average molecular weight is 1850 g/mol. The smallest absolute Gasteiger partial charge is 0.339 e. The number of esters is 1. The molecule has 0 radical (unpaired) electrons. The van der Waals surface area contributed by atoms with Crippen molar-refractivity contribution >= 4 is 34.5 Å². The highest BCUT2D eigenvalue weighted by atomic mass is 16.5. The van der Waals surface area contributed by atoms with Crippen molar-refractivity contribution in [1.82, 2.24) is 62.2 Å². The Morgan fingerprint density at radius 1 is 0.403 bits per heavy atom. The van der Waals surface area contributed by atoms with E-state index in [0.717, 1.165) is 59.4 Å². The summed E-state index contributed by atoms with van der Waals surface area (Å²) >= 11 is 0. The van der Waals surface area contributed by atoms with Crippen LogP contribution in [0.2, 0.25) is 0 Å². The zero-order valence-corrected chi connectivity index (χ0v) is 91.3. The second kappa shape index (κ2) is 65.9. The fraction of sp³-hybridized carbons (Fsp3) is 0.609. The third-order valence-corrected chi connectivity index (χ3v) is 24.5. The number of amides is 1. The lowest BCUT2D eigenvalue weighted by Gasteiger charge is -2.28. The van der Waals surface area contributed by atoms with E-state index >= 15 is 0 Å². The van der Waals surface area contributed by atoms with Gasteiger partial charge in [-0.1, -0.05) is 267 Å². The number of cyclic esters (lactones) is 1. The second-order valence-electron chi connectivity index (χ2n) is 40.8. The molecule has 1 amide bonds. The molecule has 0 spiro atoms. The summed E-state index contributed by atoms with van der Waals surface area (Å²) in [5.41, 5.74) is 6.74. The number of ketones is 2. The van der Waals surface area contributed by atoms with Gasteiger partial charge < -0.3 is 46.9 Å². The van der Waals surface area contributed by atoms with Crippen molar-refractivity contribution in [2.24, 2.45) is 88.8 Å². The van der Waals surface area contributed by atoms with Crippen LogP contribution in [0.5, 0.6) is 0 Å². The number of hydrogen-bond acceptors (Lipinski definition) is 9. The molecular formula is C115H191N13O6. The van der Waals surface area contributed by atoms with Crippen LogP contribution in [0.3, 0.4) is 0 Å². The Balaban J connectivity index is 0.000000733. The molecule has 11 heterocycles. The Morgan fingerprint density at radius 2 is 0.813 bits per heavy atom. The third kappa shape index (κ3) is 43.6. The molecule has 11 aromatic rings. The minimum absolute atomic E-state index is 0.0164. The van der Waals surface area contributed by atoms with Crippen molar-refractivity contribution < 1.29 is 28.3 Å². The van der Waals surface area contributed by atoms with Crippen LogP contribution in [-0.4, -0.2) is 86.9 Å². The number of Topliss-reactive ketones (excluding diaryl/α,β-unsaturated/α-hetero) is 2. The predicted molar refractivity (Wildman–Crippen MR) is 568 cm³/mol. The number of aromatic amines is 1. The fourth-order valence-electron chi connectivity index (χ4n) is 17.4. The molecule has 134 heavy (non-hydrogen) atoms. The molecule has 6 atom stereocenters. The molecule has 1 aliphatic rings. The molecule has 2 N–H and O–H groups in total. The van der Waals surface area contributed by atoms with Gasteiger partial charge in [0.25, 0.3) is 0 Å². The lowest BCUT2D eigenvalue weighted by Crippen LogP contribution is -2.28. The molecule has 0 fully saturated rings. The number of carbonyl (C=O) groups excluding carboxylic acids is 4. The number of aromatic nitrogens is 12. The first-order chi connectivity index (χ1) is 63.2. The number of hydrogen-bond donors (Lipinski definition) is 2. The minimum atomic E-state index is -0.186. The molecule has 19 heteroatoms. The summed E-state index contributed by atoms with van der Waals surface area (Å²) < 4.78 is 28.4. The summed E-state index contributed by atoms with van der Waals surface area (Å²) in [4.78, 5) is 50.9. The van der Waals surface area contributed by atoms with Gasteiger partial charge >= 0.3 is 5.97 Å². The van der Waals surface area contributed by atoms with Gasteiger partial charge in [-0.05, 0) is 209 Å². The van der Waals surface area contributed by atoms with Crippen molar-refractivity contribution in [1.29, 1.82) is 0 Å². The van der Waals surface area contributed by atoms with E-state index < -0.39 is 0 Å². The molecule has 752 valence electrons. The second-order valence-corrected chi connectivity index (χ2v) is 40.8. The van der Waals surface area contributed by atoms with Crippen LogP contribution in [0.15, 0.2) is 213 Å². The molecule has 0 aliphatic carbocycles. The van der Waals surface area contributed by atoms with Gasteiger partial charge in [-0.2, -0.15) is 10.2 Å². The maximum atomic E-state index is 11.5. The summed E-state index contributed by atoms with van der Waals surface area (Å²) in [6.07, 6.45) is 39.4. The molecule has 19 nitrogen and oxygen atoms in total. The van der Waals surface area contributed by atoms with Crippen LogP contribution in [0.1, 0.15) is 387 Å². The molecule has 0 saturated carbocycles. The Hall–Kier alpha value is -9.65. The number of fused-ring (bicyclic) bond motifs is 2. The van der Waals surface area contributed by atoms with Gasteiger partial charge in [-0.3, -0.25) is 23.7 Å². The number of aryl methyl sites for hydroxylation is 2. The van der Waals surface area contributed by atoms with Crippen LogP contribution in [-0.2, 0) is 14.3 Å². The van der Waals surface area contributed by atoms with Gasteiger partial charge in [0.2, 0.25) is 5.91 Å². The minimum Gasteiger partial charge on any atom is -0.463 e. The highest BCUT2D eigenvalue weighted by molar-refractivity contribution is 5.99. The number of benzene rings is 1. The SMILES string of the molecule is CC(=O)C(C)C.CC(C)C(=O)c1cc2occc2[nH]1.CC(C)C(C(C)C)n1cccc1.CC(C)C(C(C)C)n1cccn1.CC(C)C1OC(=O)c2ccccc21.CCC(C(C)C)n1cccc1.CCC(C(C)C)n1cccc1.CCC(C(C)C)n1cccc1C.CCC(C(C)C)n1cccn1.CCC(C(C)C)n1ccnc1.CCCNC(=O)C(C)C.Cc1cccn1C(C(C)C)C(C)C. The van der Waals surface area contributed by atoms with E-state index in [0.29, 0.717) is 107 Å². The third-order valence-electron chi connectivity index (χ3n) is 24.5. The van der Waals surface area contributed by atoms with Crippen LogP contribution in [0.25, 0.3) is 11.1 Å². The average Bonchev–Trinajstić information content (AvgIpc) is 1.65. The van der Waals surface area contributed by atoms with E-state index in [4.69, 9.17) is 9.15 Å². The number of nitrogens with one attached hydrogen (secondary N) is 2. The summed E-state index contributed by atoms with van der Waals surface area (Å²) in [7, 11) is 0. The van der Waals surface area contributed by atoms with Crippen LogP contribution in [0.4, 0.5) is 0 Å². The first-order valence-corrected chi connectivity index (χ1v) is 51.0. The standard InChI is InChI=1S/C12H21N.2C11H19N.C11H12O2.C10H18N2.C10H11NO2.2C10H17N.2C9H16N2.C7H15NO.C5H10O/c1-9(2)12(10(3)4)13-8-6-7-11(13)5;1-9(2)11(10(3)4)12-7-5-6-8-12;1-5-11(9(2)3)12-8-6-7-10(12)4;1-7(2)10-8-5-3-4-6-9(8)11(12)13-10;1-8(2)10(9(3)4)12-7-5-6-11-12;1-6(2)10(12)8-5-9-7(11-8)3-4-13-9;2*1-4-10(9(2)3)11-7-5-6-8-11;1-4-9(8(2)3)11-6-5-10-7-11;1-4-9(8(2)3)11-7-5-6-10-11;1-4-5-8-7(9)6(2)3;1-4(2)5(3)6/h6-10,12H,1-5H3;5-11H,1-4H3;6-9,11H,5H2,1-4H3;3-7,10H,1-2H3;5-10H,1-4H3;3-6,11H,1-2H3;2*5-10H,4H2,1-3H3;2*5-9H,4H2,1-3H3;6H,4-5H2,1-3H3,(H,8,9);4H,1-3H3. The van der Waals surface area contributed by atoms with E-state index in [-0.39, 0.29) is 47.3 Å². The number of rotatable bonds is 31. The summed E-state index contributed by atoms with van der Waals surface area (Å²) in [6.45, 7) is 85.3. The zero-order valence-electron chi connectivity index (χ0n) is 91.3. The zero-order chi connectivity index (χ0) is 102. The number of furan rings is 1. The summed E-state index contributed by atoms with van der Waals surface area (Å²) in [6, 6.07) is 41.2. The van der Waals surface area contributed by atoms with Crippen molar-refractivity contribution in [2.45, 2.75) is 363 Å². The molecule has 10 aromatic heterocycles. The maximum absolute atomic E-state index is 11.5. The van der Waals surface area contributed by atoms with Gasteiger partial charge in [0.05, 0.1) is 41.4 Å². The van der Waals surface area contributed by atoms with E-state index in [1.54, 1.807) is 19.3 Å². The van der Waals surface area contributed by atoms with Crippen LogP contribution < -0.4 is 5.32 Å². The van der Waals surface area contributed by atoms with E-state index in [1.807, 2.05) is 139 Å². The Labute approximate surface area is 815 Å². The number of ether oxygens (including phenoxy) is 1. The largest absolute Gasteiger partial charge is 0.463 e.